The SMILES string of the molecule is C[C@@H](NC(=O)Oc1ccccc1)c1cccc(Cl)c1. The number of para-hydroxylation sites is 1. The van der Waals surface area contributed by atoms with Gasteiger partial charge in [-0.05, 0) is 36.8 Å². The first kappa shape index (κ1) is 13.4. The number of benzene rings is 2. The van der Waals surface area contributed by atoms with Gasteiger partial charge in [-0.2, -0.15) is 0 Å². The predicted octanol–water partition coefficient (Wildman–Crippen LogP) is 4.19. The first-order valence-electron chi connectivity index (χ1n) is 5.94. The number of halogens is 1. The Balaban J connectivity index is 1.95. The van der Waals surface area contributed by atoms with Crippen LogP contribution in [0.3, 0.4) is 0 Å². The van der Waals surface area contributed by atoms with E-state index in [1.165, 1.54) is 0 Å². The number of carbonyl (C=O) groups is 1. The standard InChI is InChI=1S/C15H14ClNO2/c1-11(12-6-5-7-13(16)10-12)17-15(18)19-14-8-3-2-4-9-14/h2-11H,1H3,(H,17,18)/t11-/m1/s1. The molecule has 0 aliphatic rings. The summed E-state index contributed by atoms with van der Waals surface area (Å²) in [6.45, 7) is 1.87. The Morgan fingerprint density at radius 2 is 1.89 bits per heavy atom. The van der Waals surface area contributed by atoms with Crippen molar-refractivity contribution in [1.82, 2.24) is 5.32 Å². The van der Waals surface area contributed by atoms with E-state index in [4.69, 9.17) is 16.3 Å². The molecule has 0 bridgehead atoms. The minimum absolute atomic E-state index is 0.171. The van der Waals surface area contributed by atoms with Gasteiger partial charge in [0.15, 0.2) is 0 Å². The first-order chi connectivity index (χ1) is 9.15. The van der Waals surface area contributed by atoms with Crippen LogP contribution in [-0.2, 0) is 0 Å². The number of amides is 1. The fourth-order valence-corrected chi connectivity index (χ4v) is 1.86. The molecule has 1 atom stereocenters. The van der Waals surface area contributed by atoms with Crippen LogP contribution in [0.25, 0.3) is 0 Å². The molecule has 0 unspecified atom stereocenters. The van der Waals surface area contributed by atoms with Crippen molar-refractivity contribution in [2.24, 2.45) is 0 Å². The maximum Gasteiger partial charge on any atom is 0.413 e. The second-order valence-corrected chi connectivity index (χ2v) is 4.56. The minimum Gasteiger partial charge on any atom is -0.410 e. The topological polar surface area (TPSA) is 38.3 Å². The number of hydrogen-bond donors (Lipinski definition) is 1. The van der Waals surface area contributed by atoms with Gasteiger partial charge in [-0.3, -0.25) is 0 Å². The van der Waals surface area contributed by atoms with Gasteiger partial charge in [-0.1, -0.05) is 41.9 Å². The van der Waals surface area contributed by atoms with Crippen molar-refractivity contribution in [3.8, 4) is 5.75 Å². The lowest BCUT2D eigenvalue weighted by atomic mass is 10.1. The third kappa shape index (κ3) is 4.00. The van der Waals surface area contributed by atoms with Gasteiger partial charge in [0, 0.05) is 5.02 Å². The summed E-state index contributed by atoms with van der Waals surface area (Å²) in [6, 6.07) is 16.1. The zero-order valence-electron chi connectivity index (χ0n) is 10.5. The van der Waals surface area contributed by atoms with Gasteiger partial charge in [-0.15, -0.1) is 0 Å². The molecule has 3 nitrogen and oxygen atoms in total. The molecule has 2 aromatic carbocycles. The van der Waals surface area contributed by atoms with Gasteiger partial charge < -0.3 is 10.1 Å². The van der Waals surface area contributed by atoms with E-state index in [9.17, 15) is 4.79 Å². The highest BCUT2D eigenvalue weighted by Gasteiger charge is 2.11. The molecule has 19 heavy (non-hydrogen) atoms. The maximum atomic E-state index is 11.7. The Morgan fingerprint density at radius 1 is 1.16 bits per heavy atom. The molecule has 1 N–H and O–H groups in total. The summed E-state index contributed by atoms with van der Waals surface area (Å²) in [5.74, 6) is 0.512. The Bertz CT molecular complexity index is 557. The van der Waals surface area contributed by atoms with Gasteiger partial charge in [0.2, 0.25) is 0 Å². The van der Waals surface area contributed by atoms with Gasteiger partial charge in [-0.25, -0.2) is 4.79 Å². The summed E-state index contributed by atoms with van der Waals surface area (Å²) in [4.78, 5) is 11.7. The summed E-state index contributed by atoms with van der Waals surface area (Å²) in [5.41, 5.74) is 0.928. The molecule has 0 saturated heterocycles. The van der Waals surface area contributed by atoms with Crippen LogP contribution in [-0.4, -0.2) is 6.09 Å². The molecule has 0 saturated carbocycles. The van der Waals surface area contributed by atoms with Crippen molar-refractivity contribution in [2.45, 2.75) is 13.0 Å². The molecule has 0 aromatic heterocycles. The highest BCUT2D eigenvalue weighted by molar-refractivity contribution is 6.30. The summed E-state index contributed by atoms with van der Waals surface area (Å²) in [6.07, 6.45) is -0.487. The molecule has 2 rings (SSSR count). The predicted molar refractivity (Wildman–Crippen MR) is 75.5 cm³/mol. The van der Waals surface area contributed by atoms with E-state index in [1.54, 1.807) is 18.2 Å². The zero-order chi connectivity index (χ0) is 13.7. The van der Waals surface area contributed by atoms with Gasteiger partial charge in [0.1, 0.15) is 5.75 Å². The number of ether oxygens (including phenoxy) is 1. The van der Waals surface area contributed by atoms with Crippen LogP contribution in [0.5, 0.6) is 5.75 Å². The van der Waals surface area contributed by atoms with E-state index in [0.717, 1.165) is 5.56 Å². The van der Waals surface area contributed by atoms with Crippen molar-refractivity contribution in [1.29, 1.82) is 0 Å². The van der Waals surface area contributed by atoms with Gasteiger partial charge in [0.05, 0.1) is 6.04 Å². The van der Waals surface area contributed by atoms with Crippen molar-refractivity contribution < 1.29 is 9.53 Å². The molecule has 98 valence electrons. The third-order valence-corrected chi connectivity index (χ3v) is 2.87. The van der Waals surface area contributed by atoms with Crippen LogP contribution in [0.15, 0.2) is 54.6 Å². The second-order valence-electron chi connectivity index (χ2n) is 4.12. The molecule has 0 aliphatic carbocycles. The molecule has 0 aliphatic heterocycles. The van der Waals surface area contributed by atoms with Crippen molar-refractivity contribution in [3.63, 3.8) is 0 Å². The number of hydrogen-bond acceptors (Lipinski definition) is 2. The quantitative estimate of drug-likeness (QED) is 0.912. The summed E-state index contributed by atoms with van der Waals surface area (Å²) in [7, 11) is 0. The Morgan fingerprint density at radius 3 is 2.58 bits per heavy atom. The van der Waals surface area contributed by atoms with Crippen LogP contribution in [0.1, 0.15) is 18.5 Å². The maximum absolute atomic E-state index is 11.7. The van der Waals surface area contributed by atoms with E-state index >= 15 is 0 Å². The molecule has 2 aromatic rings. The van der Waals surface area contributed by atoms with Crippen LogP contribution in [0.4, 0.5) is 4.79 Å². The van der Waals surface area contributed by atoms with E-state index < -0.39 is 6.09 Å². The molecular formula is C15H14ClNO2. The van der Waals surface area contributed by atoms with E-state index in [-0.39, 0.29) is 6.04 Å². The minimum atomic E-state index is -0.487. The smallest absolute Gasteiger partial charge is 0.410 e. The summed E-state index contributed by atoms with van der Waals surface area (Å²) >= 11 is 5.91. The Kier molecular flexibility index (Phi) is 4.42. The zero-order valence-corrected chi connectivity index (χ0v) is 11.2. The molecule has 0 heterocycles. The van der Waals surface area contributed by atoms with Gasteiger partial charge in [0.25, 0.3) is 0 Å². The lowest BCUT2D eigenvalue weighted by Crippen LogP contribution is -2.29. The first-order valence-corrected chi connectivity index (χ1v) is 6.32. The average Bonchev–Trinajstić information content (AvgIpc) is 2.39. The molecule has 0 fully saturated rings. The van der Waals surface area contributed by atoms with Crippen LogP contribution in [0.2, 0.25) is 5.02 Å². The van der Waals surface area contributed by atoms with E-state index in [1.807, 2.05) is 43.3 Å². The molecule has 1 amide bonds. The largest absolute Gasteiger partial charge is 0.413 e. The molecule has 0 radical (unpaired) electrons. The molecule has 0 spiro atoms. The van der Waals surface area contributed by atoms with Crippen LogP contribution in [0, 0.1) is 0 Å². The monoisotopic (exact) mass is 275 g/mol. The highest BCUT2D eigenvalue weighted by Crippen LogP contribution is 2.17. The fourth-order valence-electron chi connectivity index (χ4n) is 1.66. The molecular weight excluding hydrogens is 262 g/mol. The third-order valence-electron chi connectivity index (χ3n) is 2.64. The van der Waals surface area contributed by atoms with Crippen molar-refractivity contribution >= 4 is 17.7 Å². The average molecular weight is 276 g/mol. The fraction of sp³-hybridized carbons (Fsp3) is 0.133. The lowest BCUT2D eigenvalue weighted by molar-refractivity contribution is 0.197. The number of carbonyl (C=O) groups excluding carboxylic acids is 1. The van der Waals surface area contributed by atoms with E-state index in [2.05, 4.69) is 5.32 Å². The summed E-state index contributed by atoms with van der Waals surface area (Å²) < 4.78 is 5.15. The lowest BCUT2D eigenvalue weighted by Gasteiger charge is -2.14. The summed E-state index contributed by atoms with van der Waals surface area (Å²) in [5, 5.41) is 3.39. The number of nitrogens with one attached hydrogen (secondary N) is 1. The van der Waals surface area contributed by atoms with Crippen molar-refractivity contribution in [2.75, 3.05) is 0 Å². The van der Waals surface area contributed by atoms with Crippen LogP contribution >= 0.6 is 11.6 Å². The normalized spacial score (nSPS) is 11.7. The highest BCUT2D eigenvalue weighted by atomic mass is 35.5. The Labute approximate surface area is 117 Å². The van der Waals surface area contributed by atoms with E-state index in [0.29, 0.717) is 10.8 Å². The second kappa shape index (κ2) is 6.25. The van der Waals surface area contributed by atoms with Gasteiger partial charge >= 0.3 is 6.09 Å². The van der Waals surface area contributed by atoms with Crippen LogP contribution < -0.4 is 10.1 Å². The molecule has 4 heteroatoms. The Hall–Kier alpha value is -2.00. The number of rotatable bonds is 3. The van der Waals surface area contributed by atoms with Crippen molar-refractivity contribution in [3.05, 3.63) is 65.2 Å².